The van der Waals surface area contributed by atoms with Gasteiger partial charge in [-0.1, -0.05) is 20.8 Å². The number of nitrogens with two attached hydrogens (primary N) is 1. The van der Waals surface area contributed by atoms with Crippen LogP contribution in [0.1, 0.15) is 33.6 Å². The van der Waals surface area contributed by atoms with Gasteiger partial charge in [0.2, 0.25) is 5.91 Å². The third-order valence-electron chi connectivity index (χ3n) is 4.05. The molecule has 0 radical (unpaired) electrons. The van der Waals surface area contributed by atoms with Crippen molar-refractivity contribution < 1.29 is 14.7 Å². The van der Waals surface area contributed by atoms with Crippen molar-refractivity contribution in [2.75, 3.05) is 0 Å². The Hall–Kier alpha value is -1.06. The van der Waals surface area contributed by atoms with Gasteiger partial charge in [0.15, 0.2) is 0 Å². The van der Waals surface area contributed by atoms with Gasteiger partial charge < -0.3 is 15.6 Å². The van der Waals surface area contributed by atoms with E-state index in [-0.39, 0.29) is 0 Å². The van der Waals surface area contributed by atoms with Gasteiger partial charge in [0.1, 0.15) is 0 Å². The first-order valence-electron chi connectivity index (χ1n) is 4.74. The van der Waals surface area contributed by atoms with Crippen LogP contribution in [0.25, 0.3) is 0 Å². The van der Waals surface area contributed by atoms with Crippen LogP contribution in [0.5, 0.6) is 0 Å². The third kappa shape index (κ3) is 1.21. The van der Waals surface area contributed by atoms with Crippen LogP contribution >= 0.6 is 0 Å². The zero-order valence-electron chi connectivity index (χ0n) is 8.79. The smallest absolute Gasteiger partial charge is 0.223 e. The molecule has 14 heavy (non-hydrogen) atoms. The molecule has 1 fully saturated rings. The molecule has 1 rings (SSSR count). The second kappa shape index (κ2) is 2.97. The topological polar surface area (TPSA) is 83.2 Å². The Bertz CT molecular complexity index is 285. The van der Waals surface area contributed by atoms with Crippen LogP contribution in [-0.4, -0.2) is 11.9 Å². The third-order valence-corrected chi connectivity index (χ3v) is 4.05. The summed E-state index contributed by atoms with van der Waals surface area (Å²) >= 11 is 0. The lowest BCUT2D eigenvalue weighted by molar-refractivity contribution is -0.314. The molecular formula is C10H16NO3-. The summed E-state index contributed by atoms with van der Waals surface area (Å²) in [6.45, 7) is 5.27. The lowest BCUT2D eigenvalue weighted by Gasteiger charge is -2.39. The Balaban J connectivity index is 3.08. The van der Waals surface area contributed by atoms with Crippen molar-refractivity contribution in [3.8, 4) is 0 Å². The second-order valence-electron chi connectivity index (χ2n) is 4.83. The molecule has 80 valence electrons. The van der Waals surface area contributed by atoms with Crippen molar-refractivity contribution in [3.05, 3.63) is 0 Å². The number of rotatable bonds is 2. The molecule has 2 atom stereocenters. The maximum Gasteiger partial charge on any atom is 0.223 e. The summed E-state index contributed by atoms with van der Waals surface area (Å²) in [5.74, 6) is -2.09. The van der Waals surface area contributed by atoms with Gasteiger partial charge >= 0.3 is 0 Å². The number of carbonyl (C=O) groups excluding carboxylic acids is 2. The van der Waals surface area contributed by atoms with Gasteiger partial charge in [-0.15, -0.1) is 0 Å². The highest BCUT2D eigenvalue weighted by Crippen LogP contribution is 2.55. The van der Waals surface area contributed by atoms with E-state index in [1.807, 2.05) is 0 Å². The molecule has 0 heterocycles. The molecular weight excluding hydrogens is 182 g/mol. The fraction of sp³-hybridized carbons (Fsp3) is 0.800. The van der Waals surface area contributed by atoms with Crippen molar-refractivity contribution in [2.24, 2.45) is 22.5 Å². The molecule has 0 spiro atoms. The number of primary amides is 1. The van der Waals surface area contributed by atoms with Crippen molar-refractivity contribution in [3.63, 3.8) is 0 Å². The van der Waals surface area contributed by atoms with Crippen molar-refractivity contribution in [1.29, 1.82) is 0 Å². The number of amides is 1. The number of aliphatic carboxylic acids is 1. The molecule has 0 saturated heterocycles. The highest BCUT2D eigenvalue weighted by Gasteiger charge is 2.55. The van der Waals surface area contributed by atoms with E-state index in [1.54, 1.807) is 20.8 Å². The van der Waals surface area contributed by atoms with Crippen LogP contribution < -0.4 is 10.8 Å². The minimum atomic E-state index is -1.08. The van der Waals surface area contributed by atoms with Gasteiger partial charge in [-0.05, 0) is 18.3 Å². The largest absolute Gasteiger partial charge is 0.550 e. The van der Waals surface area contributed by atoms with Gasteiger partial charge in [0, 0.05) is 11.9 Å². The van der Waals surface area contributed by atoms with Crippen molar-refractivity contribution >= 4 is 11.9 Å². The SMILES string of the molecule is CC1(C)[C@H](C(=O)[O-])CC[C@]1(C)C(N)=O. The normalized spacial score (nSPS) is 35.5. The molecule has 0 aromatic carbocycles. The van der Waals surface area contributed by atoms with Gasteiger partial charge in [-0.3, -0.25) is 4.79 Å². The van der Waals surface area contributed by atoms with Crippen LogP contribution in [0, 0.1) is 16.7 Å². The van der Waals surface area contributed by atoms with Crippen LogP contribution in [-0.2, 0) is 9.59 Å². The Labute approximate surface area is 83.5 Å². The Kier molecular flexibility index (Phi) is 2.34. The van der Waals surface area contributed by atoms with E-state index in [2.05, 4.69) is 0 Å². The number of hydrogen-bond acceptors (Lipinski definition) is 3. The molecule has 4 heteroatoms. The van der Waals surface area contributed by atoms with Crippen LogP contribution in [0.2, 0.25) is 0 Å². The predicted octanol–water partition coefficient (Wildman–Crippen LogP) is -0.336. The zero-order chi connectivity index (χ0) is 11.1. The summed E-state index contributed by atoms with van der Waals surface area (Å²) in [7, 11) is 0. The highest BCUT2D eigenvalue weighted by molar-refractivity contribution is 5.83. The van der Waals surface area contributed by atoms with E-state index in [1.165, 1.54) is 0 Å². The van der Waals surface area contributed by atoms with E-state index in [0.29, 0.717) is 12.8 Å². The second-order valence-corrected chi connectivity index (χ2v) is 4.83. The van der Waals surface area contributed by atoms with Crippen molar-refractivity contribution in [1.82, 2.24) is 0 Å². The maximum atomic E-state index is 11.3. The number of hydrogen-bond donors (Lipinski definition) is 1. The predicted molar refractivity (Wildman–Crippen MR) is 48.8 cm³/mol. The van der Waals surface area contributed by atoms with Crippen LogP contribution in [0.15, 0.2) is 0 Å². The summed E-state index contributed by atoms with van der Waals surface area (Å²) in [5.41, 5.74) is 3.95. The molecule has 0 aromatic heterocycles. The summed E-state index contributed by atoms with van der Waals surface area (Å²) in [4.78, 5) is 22.2. The molecule has 0 bridgehead atoms. The Morgan fingerprint density at radius 3 is 2.07 bits per heavy atom. The lowest BCUT2D eigenvalue weighted by atomic mass is 9.65. The van der Waals surface area contributed by atoms with Gasteiger partial charge in [0.05, 0.1) is 5.41 Å². The Morgan fingerprint density at radius 1 is 1.36 bits per heavy atom. The quantitative estimate of drug-likeness (QED) is 0.659. The first kappa shape index (κ1) is 11.0. The van der Waals surface area contributed by atoms with Crippen molar-refractivity contribution in [2.45, 2.75) is 33.6 Å². The first-order chi connectivity index (χ1) is 6.23. The average Bonchev–Trinajstić information content (AvgIpc) is 2.24. The minimum absolute atomic E-state index is 0.425. The fourth-order valence-corrected chi connectivity index (χ4v) is 2.35. The first-order valence-corrected chi connectivity index (χ1v) is 4.74. The van der Waals surface area contributed by atoms with Gasteiger partial charge in [0.25, 0.3) is 0 Å². The zero-order valence-corrected chi connectivity index (χ0v) is 8.79. The molecule has 2 N–H and O–H groups in total. The van der Waals surface area contributed by atoms with Gasteiger partial charge in [-0.2, -0.15) is 0 Å². The van der Waals surface area contributed by atoms with Gasteiger partial charge in [-0.25, -0.2) is 0 Å². The Morgan fingerprint density at radius 2 is 1.86 bits per heavy atom. The molecule has 1 saturated carbocycles. The van der Waals surface area contributed by atoms with E-state index in [0.717, 1.165) is 0 Å². The summed E-state index contributed by atoms with van der Waals surface area (Å²) in [6, 6.07) is 0. The number of carboxylic acids is 1. The summed E-state index contributed by atoms with van der Waals surface area (Å²) in [5, 5.41) is 10.9. The number of carboxylic acid groups (broad SMARTS) is 1. The lowest BCUT2D eigenvalue weighted by Crippen LogP contribution is -2.48. The van der Waals surface area contributed by atoms with E-state index >= 15 is 0 Å². The maximum absolute atomic E-state index is 11.3. The monoisotopic (exact) mass is 198 g/mol. The molecule has 0 aromatic rings. The molecule has 4 nitrogen and oxygen atoms in total. The molecule has 1 amide bonds. The minimum Gasteiger partial charge on any atom is -0.550 e. The van der Waals surface area contributed by atoms with E-state index in [4.69, 9.17) is 5.73 Å². The number of carbonyl (C=O) groups is 2. The van der Waals surface area contributed by atoms with Crippen LogP contribution in [0.4, 0.5) is 0 Å². The summed E-state index contributed by atoms with van der Waals surface area (Å²) in [6.07, 6.45) is 0.989. The summed E-state index contributed by atoms with van der Waals surface area (Å²) < 4.78 is 0. The molecule has 1 aliphatic rings. The molecule has 0 unspecified atom stereocenters. The average molecular weight is 198 g/mol. The molecule has 1 aliphatic carbocycles. The van der Waals surface area contributed by atoms with E-state index in [9.17, 15) is 14.7 Å². The standard InChI is InChI=1S/C10H17NO3/c1-9(2)6(7(12)13)4-5-10(9,3)8(11)14/h6H,4-5H2,1-3H3,(H2,11,14)(H,12,13)/p-1/t6-,10+/m0/s1. The van der Waals surface area contributed by atoms with E-state index < -0.39 is 28.6 Å². The fourth-order valence-electron chi connectivity index (χ4n) is 2.35. The molecule has 0 aliphatic heterocycles. The highest BCUT2D eigenvalue weighted by atomic mass is 16.4. The van der Waals surface area contributed by atoms with Crippen LogP contribution in [0.3, 0.4) is 0 Å².